The van der Waals surface area contributed by atoms with Crippen LogP contribution in [0.3, 0.4) is 0 Å². The number of hydrogen-bond donors (Lipinski definition) is 0. The Labute approximate surface area is 362 Å². The molecule has 0 saturated carbocycles. The van der Waals surface area contributed by atoms with Crippen molar-refractivity contribution in [2.75, 3.05) is 0 Å². The number of aromatic nitrogens is 6. The van der Waals surface area contributed by atoms with E-state index in [1.165, 1.54) is 32.6 Å². The highest BCUT2D eigenvalue weighted by Gasteiger charge is 2.22. The van der Waals surface area contributed by atoms with Crippen LogP contribution in [-0.4, -0.2) is 28.7 Å². The summed E-state index contributed by atoms with van der Waals surface area (Å²) in [4.78, 5) is 15.2. The molecule has 0 amide bonds. The van der Waals surface area contributed by atoms with Crippen LogP contribution in [-0.2, 0) is 0 Å². The second-order valence-corrected chi connectivity index (χ2v) is 16.0. The Kier molecular flexibility index (Phi) is 7.80. The van der Waals surface area contributed by atoms with Gasteiger partial charge in [-0.3, -0.25) is 0 Å². The SMILES string of the molecule is c1ccc(-c2nc(-c3ccccc3)nc(-c3ccc4c(c3)c3cc(-n5c6ccccc6c6c5ccc5c7ccccc7n(-c7ccccc7)c56)ccc3n4-c3ccccc3)n2)cc1. The molecule has 13 rings (SSSR count). The molecule has 0 aliphatic carbocycles. The fraction of sp³-hybridized carbons (Fsp3) is 0. The lowest BCUT2D eigenvalue weighted by atomic mass is 10.1. The maximum absolute atomic E-state index is 5.11. The molecule has 0 radical (unpaired) electrons. The summed E-state index contributed by atoms with van der Waals surface area (Å²) in [7, 11) is 0. The molecule has 4 heterocycles. The smallest absolute Gasteiger partial charge is 0.164 e. The Morgan fingerprint density at radius 2 is 0.698 bits per heavy atom. The van der Waals surface area contributed by atoms with Gasteiger partial charge in [0.1, 0.15) is 0 Å². The lowest BCUT2D eigenvalue weighted by molar-refractivity contribution is 1.07. The van der Waals surface area contributed by atoms with Crippen LogP contribution in [0, 0.1) is 0 Å². The van der Waals surface area contributed by atoms with Crippen molar-refractivity contribution in [2.24, 2.45) is 0 Å². The molecule has 63 heavy (non-hydrogen) atoms. The van der Waals surface area contributed by atoms with E-state index in [1.807, 2.05) is 60.7 Å². The van der Waals surface area contributed by atoms with E-state index < -0.39 is 0 Å². The summed E-state index contributed by atoms with van der Waals surface area (Å²) in [5.74, 6) is 1.90. The molecule has 0 saturated heterocycles. The molecule has 0 aliphatic heterocycles. The van der Waals surface area contributed by atoms with Crippen molar-refractivity contribution < 1.29 is 0 Å². The molecule has 0 N–H and O–H groups in total. The van der Waals surface area contributed by atoms with Crippen LogP contribution in [0.15, 0.2) is 218 Å². The number of hydrogen-bond acceptors (Lipinski definition) is 3. The maximum Gasteiger partial charge on any atom is 0.164 e. The van der Waals surface area contributed by atoms with Gasteiger partial charge in [0, 0.05) is 66.1 Å². The van der Waals surface area contributed by atoms with Crippen LogP contribution in [0.4, 0.5) is 0 Å². The average Bonchev–Trinajstić information content (AvgIpc) is 4.00. The van der Waals surface area contributed by atoms with Crippen LogP contribution in [0.1, 0.15) is 0 Å². The Morgan fingerprint density at radius 1 is 0.254 bits per heavy atom. The molecule has 0 unspecified atom stereocenters. The van der Waals surface area contributed by atoms with Crippen LogP contribution < -0.4 is 0 Å². The minimum atomic E-state index is 0.626. The number of fused-ring (bicyclic) bond motifs is 10. The Morgan fingerprint density at radius 3 is 1.33 bits per heavy atom. The number of rotatable bonds is 6. The first kappa shape index (κ1) is 35.2. The molecule has 0 atom stereocenters. The molecule has 6 nitrogen and oxygen atoms in total. The summed E-state index contributed by atoms with van der Waals surface area (Å²) in [6, 6.07) is 77.4. The minimum absolute atomic E-state index is 0.626. The molecular weight excluding hydrogens is 769 g/mol. The first-order valence-electron chi connectivity index (χ1n) is 21.3. The number of nitrogens with zero attached hydrogens (tertiary/aromatic N) is 6. The topological polar surface area (TPSA) is 53.5 Å². The third-order valence-corrected chi connectivity index (χ3v) is 12.5. The summed E-state index contributed by atoms with van der Waals surface area (Å²) in [5.41, 5.74) is 13.1. The maximum atomic E-state index is 5.11. The molecule has 6 heteroatoms. The highest BCUT2D eigenvalue weighted by Crippen LogP contribution is 2.43. The van der Waals surface area contributed by atoms with E-state index in [4.69, 9.17) is 15.0 Å². The Hall–Kier alpha value is -8.61. The predicted molar refractivity (Wildman–Crippen MR) is 259 cm³/mol. The first-order valence-corrected chi connectivity index (χ1v) is 21.3. The normalized spacial score (nSPS) is 11.8. The zero-order chi connectivity index (χ0) is 41.4. The van der Waals surface area contributed by atoms with Gasteiger partial charge in [-0.15, -0.1) is 0 Å². The highest BCUT2D eigenvalue weighted by atomic mass is 15.0. The van der Waals surface area contributed by atoms with Gasteiger partial charge in [-0.2, -0.15) is 0 Å². The van der Waals surface area contributed by atoms with Crippen molar-refractivity contribution in [3.8, 4) is 51.2 Å². The predicted octanol–water partition coefficient (Wildman–Crippen LogP) is 14.2. The van der Waals surface area contributed by atoms with Crippen molar-refractivity contribution in [2.45, 2.75) is 0 Å². The van der Waals surface area contributed by atoms with Gasteiger partial charge in [0.05, 0.1) is 33.1 Å². The summed E-state index contributed by atoms with van der Waals surface area (Å²) < 4.78 is 7.25. The van der Waals surface area contributed by atoms with Crippen molar-refractivity contribution in [3.63, 3.8) is 0 Å². The fourth-order valence-corrected chi connectivity index (χ4v) is 9.71. The van der Waals surface area contributed by atoms with Gasteiger partial charge in [-0.25, -0.2) is 15.0 Å². The van der Waals surface area contributed by atoms with Crippen molar-refractivity contribution >= 4 is 65.4 Å². The molecule has 0 spiro atoms. The third-order valence-electron chi connectivity index (χ3n) is 12.5. The molecule has 9 aromatic carbocycles. The zero-order valence-electron chi connectivity index (χ0n) is 34.0. The fourth-order valence-electron chi connectivity index (χ4n) is 9.71. The lowest BCUT2D eigenvalue weighted by Gasteiger charge is -2.11. The third kappa shape index (κ3) is 5.48. The molecule has 0 bridgehead atoms. The highest BCUT2D eigenvalue weighted by molar-refractivity contribution is 6.26. The number of para-hydroxylation sites is 4. The monoisotopic (exact) mass is 804 g/mol. The summed E-state index contributed by atoms with van der Waals surface area (Å²) in [6.07, 6.45) is 0. The lowest BCUT2D eigenvalue weighted by Crippen LogP contribution is -2.00. The summed E-state index contributed by atoms with van der Waals surface area (Å²) in [5, 5.41) is 7.18. The molecule has 0 fully saturated rings. The molecule has 294 valence electrons. The second kappa shape index (κ2) is 14.0. The second-order valence-electron chi connectivity index (χ2n) is 16.0. The van der Waals surface area contributed by atoms with Crippen molar-refractivity contribution in [1.29, 1.82) is 0 Å². The van der Waals surface area contributed by atoms with E-state index in [0.717, 1.165) is 66.6 Å². The van der Waals surface area contributed by atoms with E-state index in [0.29, 0.717) is 17.5 Å². The van der Waals surface area contributed by atoms with Gasteiger partial charge < -0.3 is 13.7 Å². The zero-order valence-corrected chi connectivity index (χ0v) is 34.0. The van der Waals surface area contributed by atoms with E-state index in [1.54, 1.807) is 0 Å². The van der Waals surface area contributed by atoms with E-state index in [9.17, 15) is 0 Å². The molecular formula is C57H36N6. The van der Waals surface area contributed by atoms with Crippen molar-refractivity contribution in [1.82, 2.24) is 28.7 Å². The quantitative estimate of drug-likeness (QED) is 0.168. The van der Waals surface area contributed by atoms with Gasteiger partial charge in [0.25, 0.3) is 0 Å². The number of benzene rings is 9. The van der Waals surface area contributed by atoms with E-state index in [-0.39, 0.29) is 0 Å². The van der Waals surface area contributed by atoms with Gasteiger partial charge >= 0.3 is 0 Å². The van der Waals surface area contributed by atoms with Gasteiger partial charge in [0.15, 0.2) is 17.5 Å². The van der Waals surface area contributed by atoms with Crippen LogP contribution in [0.25, 0.3) is 117 Å². The Bertz CT molecular complexity index is 3830. The van der Waals surface area contributed by atoms with Gasteiger partial charge in [-0.1, -0.05) is 140 Å². The van der Waals surface area contributed by atoms with Crippen LogP contribution in [0.2, 0.25) is 0 Å². The van der Waals surface area contributed by atoms with Gasteiger partial charge in [0.2, 0.25) is 0 Å². The van der Waals surface area contributed by atoms with E-state index >= 15 is 0 Å². The molecule has 13 aromatic rings. The average molecular weight is 805 g/mol. The molecule has 4 aromatic heterocycles. The minimum Gasteiger partial charge on any atom is -0.309 e. The largest absolute Gasteiger partial charge is 0.309 e. The molecule has 0 aliphatic rings. The summed E-state index contributed by atoms with van der Waals surface area (Å²) >= 11 is 0. The van der Waals surface area contributed by atoms with Crippen LogP contribution in [0.5, 0.6) is 0 Å². The first-order chi connectivity index (χ1) is 31.3. The van der Waals surface area contributed by atoms with Gasteiger partial charge in [-0.05, 0) is 78.9 Å². The van der Waals surface area contributed by atoms with Crippen LogP contribution >= 0.6 is 0 Å². The van der Waals surface area contributed by atoms with E-state index in [2.05, 4.69) is 171 Å². The van der Waals surface area contributed by atoms with Crippen molar-refractivity contribution in [3.05, 3.63) is 218 Å². The standard InChI is InChI=1S/C57H36N6/c1-5-17-37(18-6-1)55-58-56(38-19-7-2-8-20-38)60-57(59-55)39-29-32-50-46(35-39)47-36-42(30-33-51(47)61(50)40-21-9-3-10-22-40)62-49-28-16-14-26-45(49)53-52(62)34-31-44-43-25-13-15-27-48(43)63(54(44)53)41-23-11-4-12-24-41/h1-36H. The Balaban J connectivity index is 1.08. The summed E-state index contributed by atoms with van der Waals surface area (Å²) in [6.45, 7) is 0.